The fourth-order valence-corrected chi connectivity index (χ4v) is 2.76. The lowest BCUT2D eigenvalue weighted by molar-refractivity contribution is -0.218. The average molecular weight is 272 g/mol. The summed E-state index contributed by atoms with van der Waals surface area (Å²) in [7, 11) is 0. The van der Waals surface area contributed by atoms with E-state index in [1.165, 1.54) is 24.3 Å². The van der Waals surface area contributed by atoms with Gasteiger partial charge in [-0.25, -0.2) is 9.59 Å². The van der Waals surface area contributed by atoms with E-state index in [2.05, 4.69) is 4.74 Å². The van der Waals surface area contributed by atoms with Crippen molar-refractivity contribution in [1.82, 2.24) is 0 Å². The molecule has 2 aromatic rings. The molecule has 2 aliphatic rings. The van der Waals surface area contributed by atoms with Gasteiger partial charge < -0.3 is 19.7 Å². The van der Waals surface area contributed by atoms with Gasteiger partial charge in [0.25, 0.3) is 0 Å². The molecule has 0 spiro atoms. The summed E-state index contributed by atoms with van der Waals surface area (Å²) in [6, 6.07) is 6.01. The third kappa shape index (κ3) is 1.27. The molecule has 4 rings (SSSR count). The second-order valence-electron chi connectivity index (χ2n) is 4.67. The quantitative estimate of drug-likeness (QED) is 0.552. The molecule has 0 bridgehead atoms. The predicted molar refractivity (Wildman–Crippen MR) is 64.7 cm³/mol. The zero-order valence-corrected chi connectivity index (χ0v) is 9.99. The van der Waals surface area contributed by atoms with E-state index in [9.17, 15) is 19.8 Å². The van der Waals surface area contributed by atoms with Crippen LogP contribution >= 0.6 is 0 Å². The fourth-order valence-electron chi connectivity index (χ4n) is 2.76. The van der Waals surface area contributed by atoms with E-state index in [0.29, 0.717) is 21.9 Å². The topological polar surface area (TPSA) is 93.1 Å². The molecule has 2 N–H and O–H groups in total. The van der Waals surface area contributed by atoms with Crippen LogP contribution in [0.15, 0.2) is 24.3 Å². The van der Waals surface area contributed by atoms with Gasteiger partial charge in [-0.3, -0.25) is 0 Å². The van der Waals surface area contributed by atoms with Crippen molar-refractivity contribution in [1.29, 1.82) is 0 Å². The van der Waals surface area contributed by atoms with Gasteiger partial charge in [-0.15, -0.1) is 0 Å². The van der Waals surface area contributed by atoms with E-state index in [0.717, 1.165) is 0 Å². The lowest BCUT2D eigenvalue weighted by atomic mass is 9.89. The first-order valence-electron chi connectivity index (χ1n) is 5.95. The Morgan fingerprint density at radius 2 is 1.30 bits per heavy atom. The smallest absolute Gasteiger partial charge is 0.346 e. The highest BCUT2D eigenvalue weighted by molar-refractivity contribution is 6.21. The molecule has 2 atom stereocenters. The number of esters is 2. The molecule has 0 radical (unpaired) electrons. The van der Waals surface area contributed by atoms with Gasteiger partial charge in [-0.1, -0.05) is 12.1 Å². The molecule has 0 saturated carbocycles. The number of cyclic esters (lactones) is 2. The van der Waals surface area contributed by atoms with Crippen LogP contribution in [0.2, 0.25) is 0 Å². The van der Waals surface area contributed by atoms with Crippen LogP contribution in [0.5, 0.6) is 0 Å². The Morgan fingerprint density at radius 3 is 1.80 bits per heavy atom. The summed E-state index contributed by atoms with van der Waals surface area (Å²) in [4.78, 5) is 23.6. The minimum atomic E-state index is -1.31. The van der Waals surface area contributed by atoms with Gasteiger partial charge in [-0.05, 0) is 17.5 Å². The number of aliphatic hydroxyl groups is 2. The summed E-state index contributed by atoms with van der Waals surface area (Å²) < 4.78 is 9.65. The van der Waals surface area contributed by atoms with Crippen molar-refractivity contribution in [2.45, 2.75) is 12.6 Å². The Hall–Kier alpha value is -2.28. The molecule has 0 saturated heterocycles. The van der Waals surface area contributed by atoms with Gasteiger partial charge in [0.15, 0.2) is 12.6 Å². The second-order valence-corrected chi connectivity index (χ2v) is 4.67. The molecule has 6 nitrogen and oxygen atoms in total. The van der Waals surface area contributed by atoms with Crippen LogP contribution in [0, 0.1) is 0 Å². The zero-order valence-electron chi connectivity index (χ0n) is 9.99. The van der Waals surface area contributed by atoms with Gasteiger partial charge in [0.2, 0.25) is 0 Å². The van der Waals surface area contributed by atoms with Crippen molar-refractivity contribution in [2.24, 2.45) is 0 Å². The van der Waals surface area contributed by atoms with Gasteiger partial charge >= 0.3 is 11.9 Å². The monoisotopic (exact) mass is 272 g/mol. The molecular weight excluding hydrogens is 264 g/mol. The Morgan fingerprint density at radius 1 is 0.800 bits per heavy atom. The lowest BCUT2D eigenvalue weighted by Crippen LogP contribution is -2.23. The molecule has 100 valence electrons. The number of carbonyl (C=O) groups excluding carboxylic acids is 2. The molecule has 0 fully saturated rings. The highest BCUT2D eigenvalue weighted by atomic mass is 16.7. The van der Waals surface area contributed by atoms with E-state index in [-0.39, 0.29) is 11.1 Å². The molecular formula is C14H8O6. The van der Waals surface area contributed by atoms with Gasteiger partial charge in [0.05, 0.1) is 11.1 Å². The summed E-state index contributed by atoms with van der Waals surface area (Å²) in [5, 5.41) is 20.6. The Balaban J connectivity index is 2.23. The van der Waals surface area contributed by atoms with Crippen molar-refractivity contribution >= 4 is 22.7 Å². The minimum Gasteiger partial charge on any atom is -0.386 e. The predicted octanol–water partition coefficient (Wildman–Crippen LogP) is 1.16. The Labute approximate surface area is 112 Å². The molecule has 2 aromatic carbocycles. The van der Waals surface area contributed by atoms with Gasteiger partial charge in [0, 0.05) is 16.5 Å². The van der Waals surface area contributed by atoms with Gasteiger partial charge in [0.1, 0.15) is 0 Å². The standard InChI is InChI=1S/C14H8O6/c15-11-5-1-2-6-10-8(14(18)20-12(6)16)4-3-7(9(5)10)13(17)19-11/h1-4,11,13,15,17H. The summed E-state index contributed by atoms with van der Waals surface area (Å²) in [5.41, 5.74) is 1.30. The molecule has 2 heterocycles. The highest BCUT2D eigenvalue weighted by Gasteiger charge is 2.34. The van der Waals surface area contributed by atoms with E-state index in [4.69, 9.17) is 4.74 Å². The van der Waals surface area contributed by atoms with Crippen molar-refractivity contribution in [3.05, 3.63) is 46.5 Å². The first-order chi connectivity index (χ1) is 9.58. The molecule has 0 aliphatic carbocycles. The third-order valence-electron chi connectivity index (χ3n) is 3.64. The first kappa shape index (κ1) is 11.5. The Bertz CT molecular complexity index is 733. The van der Waals surface area contributed by atoms with Crippen molar-refractivity contribution < 1.29 is 29.3 Å². The fraction of sp³-hybridized carbons (Fsp3) is 0.143. The number of benzene rings is 2. The molecule has 0 amide bonds. The maximum Gasteiger partial charge on any atom is 0.346 e. The van der Waals surface area contributed by atoms with E-state index in [1.54, 1.807) is 0 Å². The van der Waals surface area contributed by atoms with E-state index < -0.39 is 24.5 Å². The summed E-state index contributed by atoms with van der Waals surface area (Å²) >= 11 is 0. The largest absolute Gasteiger partial charge is 0.386 e. The zero-order chi connectivity index (χ0) is 14.0. The molecule has 2 unspecified atom stereocenters. The second kappa shape index (κ2) is 3.63. The third-order valence-corrected chi connectivity index (χ3v) is 3.64. The molecule has 2 aliphatic heterocycles. The molecule has 20 heavy (non-hydrogen) atoms. The summed E-state index contributed by atoms with van der Waals surface area (Å²) in [6.07, 6.45) is -2.62. The van der Waals surface area contributed by atoms with Crippen LogP contribution in [-0.2, 0) is 9.47 Å². The van der Waals surface area contributed by atoms with Crippen LogP contribution in [0.25, 0.3) is 10.8 Å². The van der Waals surface area contributed by atoms with Crippen LogP contribution in [-0.4, -0.2) is 22.2 Å². The summed E-state index contributed by atoms with van der Waals surface area (Å²) in [6.45, 7) is 0. The van der Waals surface area contributed by atoms with E-state index in [1.807, 2.05) is 0 Å². The number of ether oxygens (including phenoxy) is 2. The number of hydrogen-bond donors (Lipinski definition) is 2. The number of carbonyl (C=O) groups is 2. The van der Waals surface area contributed by atoms with Crippen molar-refractivity contribution in [3.8, 4) is 0 Å². The number of rotatable bonds is 0. The minimum absolute atomic E-state index is 0.238. The maximum absolute atomic E-state index is 11.8. The van der Waals surface area contributed by atoms with Crippen molar-refractivity contribution in [2.75, 3.05) is 0 Å². The average Bonchev–Trinajstić information content (AvgIpc) is 2.42. The maximum atomic E-state index is 11.8. The van der Waals surface area contributed by atoms with Crippen molar-refractivity contribution in [3.63, 3.8) is 0 Å². The number of hydrogen-bond acceptors (Lipinski definition) is 6. The molecule has 6 heteroatoms. The number of aliphatic hydroxyl groups excluding tert-OH is 2. The van der Waals surface area contributed by atoms with Crippen LogP contribution in [0.4, 0.5) is 0 Å². The SMILES string of the molecule is O=C1OC(=O)c2ccc3c4c(ccc1c24)C(O)OC3O. The molecule has 0 aromatic heterocycles. The van der Waals surface area contributed by atoms with Crippen LogP contribution < -0.4 is 0 Å². The van der Waals surface area contributed by atoms with Crippen LogP contribution in [0.1, 0.15) is 44.4 Å². The summed E-state index contributed by atoms with van der Waals surface area (Å²) in [5.74, 6) is -1.47. The van der Waals surface area contributed by atoms with E-state index >= 15 is 0 Å². The normalized spacial score (nSPS) is 23.9. The first-order valence-corrected chi connectivity index (χ1v) is 5.95. The van der Waals surface area contributed by atoms with Crippen LogP contribution in [0.3, 0.4) is 0 Å². The highest BCUT2D eigenvalue weighted by Crippen LogP contribution is 2.42. The Kier molecular flexibility index (Phi) is 2.10. The van der Waals surface area contributed by atoms with Gasteiger partial charge in [-0.2, -0.15) is 0 Å². The lowest BCUT2D eigenvalue weighted by Gasteiger charge is -2.28.